The molecule has 0 saturated heterocycles. The number of hydrazone groups is 1. The first-order valence-electron chi connectivity index (χ1n) is 9.58. The molecule has 0 aliphatic carbocycles. The molecule has 9 heteroatoms. The highest BCUT2D eigenvalue weighted by Gasteiger charge is 2.05. The van der Waals surface area contributed by atoms with E-state index in [0.29, 0.717) is 17.0 Å². The third-order valence-electron chi connectivity index (χ3n) is 4.28. The molecule has 162 valence electrons. The number of amides is 2. The quantitative estimate of drug-likeness (QED) is 0.317. The summed E-state index contributed by atoms with van der Waals surface area (Å²) in [4.78, 5) is 33.4. The lowest BCUT2D eigenvalue weighted by Crippen LogP contribution is -2.17. The van der Waals surface area contributed by atoms with E-state index in [1.54, 1.807) is 60.7 Å². The lowest BCUT2D eigenvalue weighted by atomic mass is 10.2. The first kappa shape index (κ1) is 22.2. The summed E-state index contributed by atoms with van der Waals surface area (Å²) < 4.78 is 5.67. The number of non-ortho nitro benzene ring substituents is 1. The van der Waals surface area contributed by atoms with Crippen molar-refractivity contribution in [1.29, 1.82) is 0 Å². The van der Waals surface area contributed by atoms with Crippen LogP contribution in [0.15, 0.2) is 77.9 Å². The van der Waals surface area contributed by atoms with Crippen LogP contribution in [0.3, 0.4) is 0 Å². The summed E-state index contributed by atoms with van der Waals surface area (Å²) in [5.41, 5.74) is 5.07. The Kier molecular flexibility index (Phi) is 7.26. The summed E-state index contributed by atoms with van der Waals surface area (Å²) in [6.07, 6.45) is 1.50. The molecule has 0 heterocycles. The molecule has 0 unspecified atom stereocenters. The monoisotopic (exact) mass is 432 g/mol. The van der Waals surface area contributed by atoms with Gasteiger partial charge in [0.15, 0.2) is 0 Å². The molecule has 3 aromatic rings. The van der Waals surface area contributed by atoms with Gasteiger partial charge in [-0.05, 0) is 71.8 Å². The molecule has 0 aliphatic rings. The van der Waals surface area contributed by atoms with Crippen molar-refractivity contribution in [2.75, 3.05) is 5.32 Å². The highest BCUT2D eigenvalue weighted by Crippen LogP contribution is 2.16. The summed E-state index contributed by atoms with van der Waals surface area (Å²) in [7, 11) is 0. The number of carbonyl (C=O) groups is 2. The number of nitro benzene ring substituents is 1. The SMILES string of the molecule is CC(=O)Nc1ccc(C(=O)N/N=C\c2ccc(OCc3ccc([N+](=O)[O-])cc3)cc2)cc1. The van der Waals surface area contributed by atoms with Gasteiger partial charge in [0.1, 0.15) is 12.4 Å². The van der Waals surface area contributed by atoms with Crippen LogP contribution >= 0.6 is 0 Å². The highest BCUT2D eigenvalue weighted by molar-refractivity contribution is 5.96. The number of hydrogen-bond acceptors (Lipinski definition) is 6. The molecule has 0 aromatic heterocycles. The molecule has 9 nitrogen and oxygen atoms in total. The van der Waals surface area contributed by atoms with Gasteiger partial charge in [-0.3, -0.25) is 19.7 Å². The maximum Gasteiger partial charge on any atom is 0.271 e. The molecule has 0 fully saturated rings. The van der Waals surface area contributed by atoms with Crippen molar-refractivity contribution in [3.8, 4) is 5.75 Å². The predicted molar refractivity (Wildman–Crippen MR) is 120 cm³/mol. The summed E-state index contributed by atoms with van der Waals surface area (Å²) in [6.45, 7) is 1.69. The van der Waals surface area contributed by atoms with Gasteiger partial charge < -0.3 is 10.1 Å². The van der Waals surface area contributed by atoms with Crippen LogP contribution in [-0.2, 0) is 11.4 Å². The molecule has 0 aliphatic heterocycles. The van der Waals surface area contributed by atoms with E-state index in [4.69, 9.17) is 4.74 Å². The van der Waals surface area contributed by atoms with Gasteiger partial charge in [-0.1, -0.05) is 0 Å². The largest absolute Gasteiger partial charge is 0.489 e. The number of carbonyl (C=O) groups excluding carboxylic acids is 2. The van der Waals surface area contributed by atoms with E-state index in [2.05, 4.69) is 15.8 Å². The molecule has 0 atom stereocenters. The number of ether oxygens (including phenoxy) is 1. The zero-order chi connectivity index (χ0) is 22.9. The maximum atomic E-state index is 12.1. The molecule has 0 spiro atoms. The van der Waals surface area contributed by atoms with Gasteiger partial charge in [-0.2, -0.15) is 5.10 Å². The van der Waals surface area contributed by atoms with Crippen LogP contribution in [0.5, 0.6) is 5.75 Å². The number of nitrogens with zero attached hydrogens (tertiary/aromatic N) is 2. The molecule has 0 bridgehead atoms. The maximum absolute atomic E-state index is 12.1. The minimum absolute atomic E-state index is 0.0338. The Morgan fingerprint density at radius 1 is 1.00 bits per heavy atom. The van der Waals surface area contributed by atoms with E-state index >= 15 is 0 Å². The number of benzene rings is 3. The Hall–Kier alpha value is -4.53. The lowest BCUT2D eigenvalue weighted by Gasteiger charge is -2.06. The molecular formula is C23H20N4O5. The Morgan fingerprint density at radius 2 is 1.66 bits per heavy atom. The van der Waals surface area contributed by atoms with Crippen molar-refractivity contribution in [2.45, 2.75) is 13.5 Å². The van der Waals surface area contributed by atoms with Gasteiger partial charge in [0.2, 0.25) is 5.91 Å². The number of nitrogens with one attached hydrogen (secondary N) is 2. The zero-order valence-corrected chi connectivity index (χ0v) is 17.1. The fourth-order valence-electron chi connectivity index (χ4n) is 2.67. The molecular weight excluding hydrogens is 412 g/mol. The van der Waals surface area contributed by atoms with E-state index in [-0.39, 0.29) is 24.1 Å². The Balaban J connectivity index is 1.48. The Morgan fingerprint density at radius 3 is 2.25 bits per heavy atom. The minimum atomic E-state index is -0.447. The van der Waals surface area contributed by atoms with E-state index in [0.717, 1.165) is 11.1 Å². The van der Waals surface area contributed by atoms with Gasteiger partial charge in [-0.25, -0.2) is 5.43 Å². The van der Waals surface area contributed by atoms with E-state index in [1.165, 1.54) is 25.3 Å². The minimum Gasteiger partial charge on any atom is -0.489 e. The van der Waals surface area contributed by atoms with E-state index < -0.39 is 4.92 Å². The van der Waals surface area contributed by atoms with Crippen molar-refractivity contribution < 1.29 is 19.2 Å². The Labute approximate surface area is 183 Å². The van der Waals surface area contributed by atoms with Crippen LogP contribution in [0.1, 0.15) is 28.4 Å². The van der Waals surface area contributed by atoms with Crippen LogP contribution < -0.4 is 15.5 Å². The van der Waals surface area contributed by atoms with Crippen LogP contribution in [0.25, 0.3) is 0 Å². The topological polar surface area (TPSA) is 123 Å². The first-order valence-corrected chi connectivity index (χ1v) is 9.58. The second-order valence-electron chi connectivity index (χ2n) is 6.74. The zero-order valence-electron chi connectivity index (χ0n) is 17.1. The highest BCUT2D eigenvalue weighted by atomic mass is 16.6. The van der Waals surface area contributed by atoms with Crippen molar-refractivity contribution >= 4 is 29.4 Å². The van der Waals surface area contributed by atoms with Crippen LogP contribution in [-0.4, -0.2) is 23.0 Å². The lowest BCUT2D eigenvalue weighted by molar-refractivity contribution is -0.384. The number of anilines is 1. The predicted octanol–water partition coefficient (Wildman–Crippen LogP) is 3.90. The second-order valence-corrected chi connectivity index (χ2v) is 6.74. The average molecular weight is 432 g/mol. The third-order valence-corrected chi connectivity index (χ3v) is 4.28. The van der Waals surface area contributed by atoms with Crippen LogP contribution in [0, 0.1) is 10.1 Å². The van der Waals surface area contributed by atoms with Gasteiger partial charge in [-0.15, -0.1) is 0 Å². The standard InChI is InChI=1S/C23H20N4O5/c1-16(28)25-20-8-6-19(7-9-20)23(29)26-24-14-17-4-12-22(13-5-17)32-15-18-2-10-21(11-3-18)27(30)31/h2-14H,15H2,1H3,(H,25,28)(H,26,29)/b24-14-. The van der Waals surface area contributed by atoms with Crippen LogP contribution in [0.4, 0.5) is 11.4 Å². The summed E-state index contributed by atoms with van der Waals surface area (Å²) in [6, 6.07) is 19.7. The van der Waals surface area contributed by atoms with Crippen molar-refractivity contribution in [1.82, 2.24) is 5.43 Å². The molecule has 0 saturated carbocycles. The van der Waals surface area contributed by atoms with Crippen molar-refractivity contribution in [3.63, 3.8) is 0 Å². The molecule has 2 N–H and O–H groups in total. The second kappa shape index (κ2) is 10.5. The number of nitro groups is 1. The fourth-order valence-corrected chi connectivity index (χ4v) is 2.67. The van der Waals surface area contributed by atoms with Gasteiger partial charge in [0.25, 0.3) is 11.6 Å². The van der Waals surface area contributed by atoms with Gasteiger partial charge in [0, 0.05) is 30.3 Å². The summed E-state index contributed by atoms with van der Waals surface area (Å²) in [5, 5.41) is 17.3. The number of hydrogen-bond donors (Lipinski definition) is 2. The third kappa shape index (κ3) is 6.49. The fraction of sp³-hybridized carbons (Fsp3) is 0.0870. The molecule has 32 heavy (non-hydrogen) atoms. The normalized spacial score (nSPS) is 10.5. The Bertz CT molecular complexity index is 1120. The van der Waals surface area contributed by atoms with Crippen molar-refractivity contribution in [2.24, 2.45) is 5.10 Å². The average Bonchev–Trinajstić information content (AvgIpc) is 2.79. The first-order chi connectivity index (χ1) is 15.4. The van der Waals surface area contributed by atoms with E-state index in [9.17, 15) is 19.7 Å². The smallest absolute Gasteiger partial charge is 0.271 e. The molecule has 3 rings (SSSR count). The van der Waals surface area contributed by atoms with Gasteiger partial charge in [0.05, 0.1) is 11.1 Å². The molecule has 0 radical (unpaired) electrons. The molecule has 3 aromatic carbocycles. The van der Waals surface area contributed by atoms with Gasteiger partial charge >= 0.3 is 0 Å². The number of rotatable bonds is 8. The van der Waals surface area contributed by atoms with Crippen LogP contribution in [0.2, 0.25) is 0 Å². The summed E-state index contributed by atoms with van der Waals surface area (Å²) >= 11 is 0. The van der Waals surface area contributed by atoms with Crippen molar-refractivity contribution in [3.05, 3.63) is 99.6 Å². The summed E-state index contributed by atoms with van der Waals surface area (Å²) in [5.74, 6) is 0.0667. The molecule has 2 amide bonds. The van der Waals surface area contributed by atoms with E-state index in [1.807, 2.05) is 0 Å².